The number of rotatable bonds is 4. The lowest BCUT2D eigenvalue weighted by molar-refractivity contribution is -0.523. The van der Waals surface area contributed by atoms with Gasteiger partial charge in [-0.15, -0.1) is 0 Å². The first-order valence-electron chi connectivity index (χ1n) is 6.65. The number of aromatic nitrogens is 1. The van der Waals surface area contributed by atoms with Crippen molar-refractivity contribution in [2.45, 2.75) is 38.1 Å². The second kappa shape index (κ2) is 6.10. The molecule has 20 heavy (non-hydrogen) atoms. The number of pyridine rings is 1. The highest BCUT2D eigenvalue weighted by Crippen LogP contribution is 2.41. The number of hydrogen-bond donors (Lipinski definition) is 0. The maximum absolute atomic E-state index is 12.6. The first-order valence-corrected chi connectivity index (χ1v) is 7.88. The zero-order valence-corrected chi connectivity index (χ0v) is 13.6. The molecule has 1 aromatic heterocycles. The maximum Gasteiger partial charge on any atom is 0.254 e. The van der Waals surface area contributed by atoms with Gasteiger partial charge in [-0.2, -0.15) is 4.74 Å². The van der Waals surface area contributed by atoms with Crippen LogP contribution in [0, 0.1) is 5.21 Å². The quantitative estimate of drug-likeness (QED) is 0.281. The average Bonchev–Trinajstić information content (AvgIpc) is 2.60. The lowest BCUT2D eigenvalue weighted by atomic mass is 10.1. The monoisotopic (exact) mass is 309 g/mol. The molecule has 0 aromatic carbocycles. The number of nitrogens with zero attached hydrogens (tertiary/aromatic N) is 3. The molecule has 1 aliphatic heterocycles. The summed E-state index contributed by atoms with van der Waals surface area (Å²) in [5, 5.41) is 12.6. The van der Waals surface area contributed by atoms with Gasteiger partial charge in [-0.05, 0) is 32.4 Å². The summed E-state index contributed by atoms with van der Waals surface area (Å²) in [5.41, 5.74) is 0.803. The summed E-state index contributed by atoms with van der Waals surface area (Å²) < 4.78 is 1.59. The minimum absolute atomic E-state index is 0.229. The van der Waals surface area contributed by atoms with Crippen molar-refractivity contribution < 1.29 is 4.74 Å². The molecule has 1 atom stereocenters. The Morgan fingerprint density at radius 3 is 2.95 bits per heavy atom. The lowest BCUT2D eigenvalue weighted by Crippen LogP contribution is -2.48. The topological polar surface area (TPSA) is 42.2 Å². The molecule has 0 aliphatic carbocycles. The molecule has 0 unspecified atom stereocenters. The van der Waals surface area contributed by atoms with E-state index >= 15 is 0 Å². The molecule has 0 saturated carbocycles. The molecule has 0 radical (unpaired) electrons. The molecule has 1 fully saturated rings. The summed E-state index contributed by atoms with van der Waals surface area (Å²) in [6.45, 7) is 7.02. The molecule has 1 aliphatic rings. The summed E-state index contributed by atoms with van der Waals surface area (Å²) >= 11 is 7.01. The Labute approximate surface area is 129 Å². The molecule has 1 aromatic rings. The van der Waals surface area contributed by atoms with Gasteiger partial charge in [0.25, 0.3) is 6.17 Å². The number of thiocarbonyl (C=S) groups is 1. The third-order valence-corrected chi connectivity index (χ3v) is 4.80. The van der Waals surface area contributed by atoms with Gasteiger partial charge >= 0.3 is 0 Å². The zero-order chi connectivity index (χ0) is 14.8. The Kier molecular flexibility index (Phi) is 4.65. The molecule has 1 saturated heterocycles. The van der Waals surface area contributed by atoms with Gasteiger partial charge in [-0.25, -0.2) is 0 Å². The van der Waals surface area contributed by atoms with Gasteiger partial charge in [0.05, 0.1) is 5.56 Å². The van der Waals surface area contributed by atoms with E-state index in [0.717, 1.165) is 27.6 Å². The predicted molar refractivity (Wildman–Crippen MR) is 88.1 cm³/mol. The second-order valence-corrected chi connectivity index (χ2v) is 7.60. The van der Waals surface area contributed by atoms with Crippen LogP contribution in [-0.4, -0.2) is 42.6 Å². The van der Waals surface area contributed by atoms with Gasteiger partial charge in [0.15, 0.2) is 6.21 Å². The smallest absolute Gasteiger partial charge is 0.254 e. The molecule has 0 bridgehead atoms. The van der Waals surface area contributed by atoms with Gasteiger partial charge in [-0.3, -0.25) is 9.88 Å². The standard InChI is InChI=1S/C14H19N3OS2/c1-4-8-16-12(14(2,3)20-13(16)19)17(18)10-11-6-5-7-15-9-11/h5-7,9-10,12H,4,8H2,1-3H3/b17-10-/t12-/m0/s1. The molecular formula is C14H19N3OS2. The van der Waals surface area contributed by atoms with Gasteiger partial charge in [-0.1, -0.05) is 30.9 Å². The highest BCUT2D eigenvalue weighted by Gasteiger charge is 2.49. The van der Waals surface area contributed by atoms with Crippen molar-refractivity contribution >= 4 is 34.5 Å². The van der Waals surface area contributed by atoms with Crippen molar-refractivity contribution in [3.05, 3.63) is 35.3 Å². The van der Waals surface area contributed by atoms with Crippen molar-refractivity contribution in [2.75, 3.05) is 6.54 Å². The normalized spacial score (nSPS) is 22.4. The second-order valence-electron chi connectivity index (χ2n) is 5.31. The summed E-state index contributed by atoms with van der Waals surface area (Å²) in [6.07, 6.45) is 5.66. The predicted octanol–water partition coefficient (Wildman–Crippen LogP) is 2.86. The minimum atomic E-state index is -0.278. The summed E-state index contributed by atoms with van der Waals surface area (Å²) in [6, 6.07) is 3.69. The van der Waals surface area contributed by atoms with Crippen LogP contribution in [0.1, 0.15) is 32.8 Å². The number of hydrogen-bond acceptors (Lipinski definition) is 4. The molecule has 108 valence electrons. The Morgan fingerprint density at radius 2 is 2.35 bits per heavy atom. The molecule has 6 heteroatoms. The van der Waals surface area contributed by atoms with Crippen molar-refractivity contribution in [3.63, 3.8) is 0 Å². The van der Waals surface area contributed by atoms with E-state index in [9.17, 15) is 5.21 Å². The summed E-state index contributed by atoms with van der Waals surface area (Å²) in [7, 11) is 0. The summed E-state index contributed by atoms with van der Waals surface area (Å²) in [5.74, 6) is 0. The SMILES string of the molecule is CCCN1C(=S)SC(C)(C)[C@@H]1/[N+]([O-])=C/c1cccnc1. The van der Waals surface area contributed by atoms with Crippen LogP contribution in [0.3, 0.4) is 0 Å². The number of hydroxylamine groups is 1. The molecule has 4 nitrogen and oxygen atoms in total. The lowest BCUT2D eigenvalue weighted by Gasteiger charge is -2.29. The Hall–Kier alpha value is -1.14. The fourth-order valence-electron chi connectivity index (χ4n) is 2.38. The highest BCUT2D eigenvalue weighted by molar-refractivity contribution is 8.24. The van der Waals surface area contributed by atoms with Crippen LogP contribution in [0.5, 0.6) is 0 Å². The third-order valence-electron chi connectivity index (χ3n) is 3.17. The Morgan fingerprint density at radius 1 is 1.60 bits per heavy atom. The fraction of sp³-hybridized carbons (Fsp3) is 0.500. The van der Waals surface area contributed by atoms with E-state index in [4.69, 9.17) is 12.2 Å². The third kappa shape index (κ3) is 3.12. The van der Waals surface area contributed by atoms with Crippen molar-refractivity contribution in [1.29, 1.82) is 0 Å². The van der Waals surface area contributed by atoms with Crippen molar-refractivity contribution in [3.8, 4) is 0 Å². The van der Waals surface area contributed by atoms with E-state index < -0.39 is 0 Å². The first kappa shape index (κ1) is 15.3. The average molecular weight is 309 g/mol. The van der Waals surface area contributed by atoms with Crippen molar-refractivity contribution in [1.82, 2.24) is 9.88 Å². The fourth-order valence-corrected chi connectivity index (χ4v) is 4.31. The molecule has 0 spiro atoms. The first-order chi connectivity index (χ1) is 9.45. The largest absolute Gasteiger partial charge is 0.622 e. The van der Waals surface area contributed by atoms with Crippen LogP contribution < -0.4 is 0 Å². The van der Waals surface area contributed by atoms with Crippen LogP contribution in [-0.2, 0) is 0 Å². The maximum atomic E-state index is 12.6. The van der Waals surface area contributed by atoms with E-state index in [1.54, 1.807) is 30.4 Å². The van der Waals surface area contributed by atoms with Gasteiger partial charge in [0.1, 0.15) is 9.07 Å². The van der Waals surface area contributed by atoms with Crippen LogP contribution in [0.25, 0.3) is 0 Å². The minimum Gasteiger partial charge on any atom is -0.622 e. The zero-order valence-electron chi connectivity index (χ0n) is 11.9. The Bertz CT molecular complexity index is 516. The van der Waals surface area contributed by atoms with Crippen LogP contribution >= 0.6 is 24.0 Å². The molecule has 0 N–H and O–H groups in total. The molecule has 2 rings (SSSR count). The summed E-state index contributed by atoms with van der Waals surface area (Å²) in [4.78, 5) is 6.06. The van der Waals surface area contributed by atoms with E-state index in [-0.39, 0.29) is 10.9 Å². The van der Waals surface area contributed by atoms with E-state index in [1.807, 2.05) is 17.0 Å². The molecule has 2 heterocycles. The van der Waals surface area contributed by atoms with Crippen molar-refractivity contribution in [2.24, 2.45) is 0 Å². The Balaban J connectivity index is 2.32. The molecule has 0 amide bonds. The van der Waals surface area contributed by atoms with E-state index in [0.29, 0.717) is 0 Å². The van der Waals surface area contributed by atoms with Gasteiger partial charge in [0, 0.05) is 18.9 Å². The molecular weight excluding hydrogens is 290 g/mol. The van der Waals surface area contributed by atoms with Gasteiger partial charge in [0.2, 0.25) is 0 Å². The number of thioether (sulfide) groups is 1. The van der Waals surface area contributed by atoms with Crippen LogP contribution in [0.2, 0.25) is 0 Å². The van der Waals surface area contributed by atoms with Gasteiger partial charge < -0.3 is 5.21 Å². The highest BCUT2D eigenvalue weighted by atomic mass is 32.2. The van der Waals surface area contributed by atoms with Crippen LogP contribution in [0.4, 0.5) is 0 Å². The van der Waals surface area contributed by atoms with Crippen LogP contribution in [0.15, 0.2) is 24.5 Å². The van der Waals surface area contributed by atoms with E-state index in [1.165, 1.54) is 0 Å². The van der Waals surface area contributed by atoms with E-state index in [2.05, 4.69) is 25.8 Å².